The lowest BCUT2D eigenvalue weighted by Gasteiger charge is -2.08. The van der Waals surface area contributed by atoms with Crippen molar-refractivity contribution < 1.29 is 9.53 Å². The number of hydrogen-bond donors (Lipinski definition) is 1. The van der Waals surface area contributed by atoms with Crippen molar-refractivity contribution in [3.8, 4) is 5.82 Å². The number of ether oxygens (including phenoxy) is 1. The van der Waals surface area contributed by atoms with E-state index >= 15 is 0 Å². The summed E-state index contributed by atoms with van der Waals surface area (Å²) < 4.78 is 6.00. The molecule has 1 saturated carbocycles. The average Bonchev–Trinajstić information content (AvgIpc) is 3.18. The van der Waals surface area contributed by atoms with Gasteiger partial charge in [0.1, 0.15) is 18.0 Å². The molecule has 0 saturated heterocycles. The molecular weight excluding hydrogens is 260 g/mol. The molecule has 1 aliphatic carbocycles. The predicted molar refractivity (Wildman–Crippen MR) is 69.4 cm³/mol. The molecule has 2 heterocycles. The van der Waals surface area contributed by atoms with Gasteiger partial charge in [-0.15, -0.1) is 5.10 Å². The number of methoxy groups -OCH3 is 1. The number of rotatable bonds is 3. The van der Waals surface area contributed by atoms with Crippen LogP contribution in [0.25, 0.3) is 5.82 Å². The molecular formula is C12H14N6O2. The third kappa shape index (κ3) is 2.09. The maximum Gasteiger partial charge on any atom is 0.377 e. The largest absolute Gasteiger partial charge is 0.463 e. The van der Waals surface area contributed by atoms with Crippen LogP contribution >= 0.6 is 0 Å². The summed E-state index contributed by atoms with van der Waals surface area (Å²) >= 11 is 0. The highest BCUT2D eigenvalue weighted by molar-refractivity contribution is 5.84. The fraction of sp³-hybridized carbons (Fsp3) is 0.417. The van der Waals surface area contributed by atoms with Crippen LogP contribution in [0.5, 0.6) is 0 Å². The molecule has 2 aromatic rings. The molecule has 20 heavy (non-hydrogen) atoms. The number of carbonyl (C=O) groups is 1. The highest BCUT2D eigenvalue weighted by atomic mass is 16.5. The number of hydrogen-bond acceptors (Lipinski definition) is 7. The van der Waals surface area contributed by atoms with Crippen molar-refractivity contribution in [2.24, 2.45) is 0 Å². The monoisotopic (exact) mass is 274 g/mol. The Bertz CT molecular complexity index is 677. The molecule has 3 rings (SSSR count). The van der Waals surface area contributed by atoms with Crippen LogP contribution < -0.4 is 5.73 Å². The first kappa shape index (κ1) is 12.5. The smallest absolute Gasteiger partial charge is 0.377 e. The molecule has 8 heteroatoms. The van der Waals surface area contributed by atoms with Gasteiger partial charge in [0, 0.05) is 11.5 Å². The molecule has 0 radical (unpaired) electrons. The van der Waals surface area contributed by atoms with E-state index in [4.69, 9.17) is 5.73 Å². The Kier molecular flexibility index (Phi) is 2.85. The number of anilines is 1. The lowest BCUT2D eigenvalue weighted by molar-refractivity contribution is 0.0587. The van der Waals surface area contributed by atoms with Crippen molar-refractivity contribution in [1.29, 1.82) is 0 Å². The molecule has 0 aromatic carbocycles. The number of esters is 1. The first-order chi connectivity index (χ1) is 9.60. The second-order valence-corrected chi connectivity index (χ2v) is 4.69. The van der Waals surface area contributed by atoms with Crippen LogP contribution in [0, 0.1) is 6.92 Å². The lowest BCUT2D eigenvalue weighted by atomic mass is 10.3. The Morgan fingerprint density at radius 2 is 2.20 bits per heavy atom. The van der Waals surface area contributed by atoms with Gasteiger partial charge < -0.3 is 10.5 Å². The molecule has 0 bridgehead atoms. The van der Waals surface area contributed by atoms with E-state index in [0.29, 0.717) is 23.1 Å². The van der Waals surface area contributed by atoms with E-state index in [2.05, 4.69) is 24.8 Å². The third-order valence-corrected chi connectivity index (χ3v) is 3.19. The average molecular weight is 274 g/mol. The van der Waals surface area contributed by atoms with Crippen LogP contribution in [0.3, 0.4) is 0 Å². The number of carbonyl (C=O) groups excluding carboxylic acids is 1. The van der Waals surface area contributed by atoms with E-state index < -0.39 is 5.97 Å². The molecule has 0 amide bonds. The maximum absolute atomic E-state index is 11.4. The molecule has 0 spiro atoms. The first-order valence-corrected chi connectivity index (χ1v) is 6.24. The molecule has 1 aliphatic rings. The molecule has 1 fully saturated rings. The number of aromatic nitrogens is 5. The van der Waals surface area contributed by atoms with E-state index in [9.17, 15) is 4.79 Å². The summed E-state index contributed by atoms with van der Waals surface area (Å²) in [4.78, 5) is 24.1. The first-order valence-electron chi connectivity index (χ1n) is 6.24. The van der Waals surface area contributed by atoms with E-state index in [1.807, 2.05) is 0 Å². The SMILES string of the molecule is COC(=O)c1ncn(-c2nc(C3CC3)nc(N)c2C)n1. The van der Waals surface area contributed by atoms with E-state index in [1.54, 1.807) is 6.92 Å². The van der Waals surface area contributed by atoms with Crippen molar-refractivity contribution >= 4 is 11.8 Å². The van der Waals surface area contributed by atoms with Crippen molar-refractivity contribution in [1.82, 2.24) is 24.7 Å². The van der Waals surface area contributed by atoms with Gasteiger partial charge >= 0.3 is 5.97 Å². The van der Waals surface area contributed by atoms with Crippen LogP contribution in [0.15, 0.2) is 6.33 Å². The van der Waals surface area contributed by atoms with Gasteiger partial charge in [0.2, 0.25) is 0 Å². The minimum Gasteiger partial charge on any atom is -0.463 e. The quantitative estimate of drug-likeness (QED) is 0.816. The van der Waals surface area contributed by atoms with E-state index in [0.717, 1.165) is 18.7 Å². The maximum atomic E-state index is 11.4. The molecule has 104 valence electrons. The van der Waals surface area contributed by atoms with Crippen molar-refractivity contribution in [2.45, 2.75) is 25.7 Å². The minimum absolute atomic E-state index is 0.0166. The van der Waals surface area contributed by atoms with Crippen molar-refractivity contribution in [2.75, 3.05) is 12.8 Å². The second-order valence-electron chi connectivity index (χ2n) is 4.69. The summed E-state index contributed by atoms with van der Waals surface area (Å²) in [6.07, 6.45) is 3.57. The molecule has 2 aromatic heterocycles. The lowest BCUT2D eigenvalue weighted by Crippen LogP contribution is -2.10. The Hall–Kier alpha value is -2.51. The zero-order valence-electron chi connectivity index (χ0n) is 11.2. The number of nitrogen functional groups attached to an aromatic ring is 1. The highest BCUT2D eigenvalue weighted by Gasteiger charge is 2.28. The zero-order chi connectivity index (χ0) is 14.3. The Morgan fingerprint density at radius 1 is 1.45 bits per heavy atom. The minimum atomic E-state index is -0.592. The standard InChI is InChI=1S/C12H14N6O2/c1-6-8(13)15-9(7-3-4-7)16-11(6)18-5-14-10(17-18)12(19)20-2/h5,7H,3-4H2,1-2H3,(H2,13,15,16). The van der Waals surface area contributed by atoms with E-state index in [1.165, 1.54) is 18.1 Å². The van der Waals surface area contributed by atoms with Gasteiger partial charge in [0.25, 0.3) is 5.82 Å². The summed E-state index contributed by atoms with van der Waals surface area (Å²) in [5.74, 6) is 1.45. The van der Waals surface area contributed by atoms with E-state index in [-0.39, 0.29) is 5.82 Å². The van der Waals surface area contributed by atoms with Gasteiger partial charge in [-0.3, -0.25) is 0 Å². The van der Waals surface area contributed by atoms with Gasteiger partial charge in [-0.25, -0.2) is 24.4 Å². The fourth-order valence-corrected chi connectivity index (χ4v) is 1.84. The van der Waals surface area contributed by atoms with Crippen LogP contribution in [0.2, 0.25) is 0 Å². The number of nitrogens with two attached hydrogens (primary N) is 1. The van der Waals surface area contributed by atoms with Gasteiger partial charge in [-0.1, -0.05) is 0 Å². The summed E-state index contributed by atoms with van der Waals surface area (Å²) in [6.45, 7) is 1.81. The second kappa shape index (κ2) is 4.55. The zero-order valence-corrected chi connectivity index (χ0v) is 11.2. The Morgan fingerprint density at radius 3 is 2.85 bits per heavy atom. The van der Waals surface area contributed by atoms with Crippen molar-refractivity contribution in [3.05, 3.63) is 23.5 Å². The van der Waals surface area contributed by atoms with Crippen LogP contribution in [-0.2, 0) is 4.74 Å². The molecule has 0 unspecified atom stereocenters. The van der Waals surface area contributed by atoms with Gasteiger partial charge in [-0.2, -0.15) is 0 Å². The fourth-order valence-electron chi connectivity index (χ4n) is 1.84. The summed E-state index contributed by atoms with van der Waals surface area (Å²) in [5, 5.41) is 4.06. The molecule has 8 nitrogen and oxygen atoms in total. The molecule has 2 N–H and O–H groups in total. The summed E-state index contributed by atoms with van der Waals surface area (Å²) in [6, 6.07) is 0. The third-order valence-electron chi connectivity index (χ3n) is 3.19. The normalized spacial score (nSPS) is 14.3. The van der Waals surface area contributed by atoms with Crippen molar-refractivity contribution in [3.63, 3.8) is 0 Å². The summed E-state index contributed by atoms with van der Waals surface area (Å²) in [5.41, 5.74) is 6.62. The van der Waals surface area contributed by atoms with Gasteiger partial charge in [0.15, 0.2) is 5.82 Å². The predicted octanol–water partition coefficient (Wildman–Crippen LogP) is 0.612. The van der Waals surface area contributed by atoms with Crippen LogP contribution in [0.4, 0.5) is 5.82 Å². The highest BCUT2D eigenvalue weighted by Crippen LogP contribution is 2.38. The molecule has 0 aliphatic heterocycles. The number of nitrogens with zero attached hydrogens (tertiary/aromatic N) is 5. The van der Waals surface area contributed by atoms with Crippen LogP contribution in [-0.4, -0.2) is 37.8 Å². The Labute approximate surface area is 115 Å². The topological polar surface area (TPSA) is 109 Å². The molecule has 0 atom stereocenters. The van der Waals surface area contributed by atoms with Gasteiger partial charge in [-0.05, 0) is 19.8 Å². The van der Waals surface area contributed by atoms with Crippen LogP contribution in [0.1, 0.15) is 40.8 Å². The Balaban J connectivity index is 2.04. The van der Waals surface area contributed by atoms with Gasteiger partial charge in [0.05, 0.1) is 7.11 Å². The summed E-state index contributed by atoms with van der Waals surface area (Å²) in [7, 11) is 1.28.